The summed E-state index contributed by atoms with van der Waals surface area (Å²) in [6.07, 6.45) is 0. The Kier molecular flexibility index (Phi) is 4.60. The van der Waals surface area contributed by atoms with Crippen molar-refractivity contribution in [1.82, 2.24) is 4.90 Å². The SMILES string of the molecule is N#CCN(CC#N)Cc1cc(Cl)ccc1N. The summed E-state index contributed by atoms with van der Waals surface area (Å²) >= 11 is 5.85. The first-order valence-corrected chi connectivity index (χ1v) is 5.05. The number of hydrogen-bond donors (Lipinski definition) is 1. The molecule has 1 aromatic carbocycles. The molecule has 0 saturated carbocycles. The Morgan fingerprint density at radius 1 is 1.25 bits per heavy atom. The van der Waals surface area contributed by atoms with E-state index < -0.39 is 0 Å². The number of nitrogens with two attached hydrogens (primary N) is 1. The minimum Gasteiger partial charge on any atom is -0.398 e. The summed E-state index contributed by atoms with van der Waals surface area (Å²) in [6, 6.07) is 9.19. The topological polar surface area (TPSA) is 76.8 Å². The third-order valence-corrected chi connectivity index (χ3v) is 2.32. The van der Waals surface area contributed by atoms with Crippen LogP contribution in [-0.4, -0.2) is 18.0 Å². The summed E-state index contributed by atoms with van der Waals surface area (Å²) in [5.41, 5.74) is 7.23. The first kappa shape index (κ1) is 12.3. The van der Waals surface area contributed by atoms with Gasteiger partial charge in [0.25, 0.3) is 0 Å². The zero-order valence-electron chi connectivity index (χ0n) is 8.65. The Hall–Kier alpha value is -1.75. The van der Waals surface area contributed by atoms with Gasteiger partial charge in [-0.05, 0) is 23.8 Å². The number of halogens is 1. The van der Waals surface area contributed by atoms with E-state index in [1.165, 1.54) is 0 Å². The van der Waals surface area contributed by atoms with Crippen molar-refractivity contribution in [1.29, 1.82) is 10.5 Å². The van der Waals surface area contributed by atoms with Gasteiger partial charge in [-0.25, -0.2) is 0 Å². The van der Waals surface area contributed by atoms with Crippen LogP contribution in [0.3, 0.4) is 0 Å². The molecule has 0 radical (unpaired) electrons. The van der Waals surface area contributed by atoms with E-state index in [0.29, 0.717) is 17.3 Å². The van der Waals surface area contributed by atoms with Gasteiger partial charge in [-0.3, -0.25) is 4.90 Å². The van der Waals surface area contributed by atoms with Crippen LogP contribution in [0, 0.1) is 22.7 Å². The summed E-state index contributed by atoms with van der Waals surface area (Å²) in [7, 11) is 0. The number of hydrogen-bond acceptors (Lipinski definition) is 4. The van der Waals surface area contributed by atoms with Gasteiger partial charge in [0.05, 0.1) is 25.2 Å². The van der Waals surface area contributed by atoms with E-state index in [4.69, 9.17) is 27.9 Å². The minimum absolute atomic E-state index is 0.194. The van der Waals surface area contributed by atoms with Gasteiger partial charge < -0.3 is 5.73 Å². The van der Waals surface area contributed by atoms with Crippen LogP contribution in [0.4, 0.5) is 5.69 Å². The summed E-state index contributed by atoms with van der Waals surface area (Å²) in [6.45, 7) is 0.840. The van der Waals surface area contributed by atoms with Crippen LogP contribution in [0.2, 0.25) is 5.02 Å². The molecule has 0 unspecified atom stereocenters. The average molecular weight is 235 g/mol. The van der Waals surface area contributed by atoms with E-state index in [-0.39, 0.29) is 13.1 Å². The maximum atomic E-state index is 8.61. The summed E-state index contributed by atoms with van der Waals surface area (Å²) in [5, 5.41) is 17.8. The van der Waals surface area contributed by atoms with E-state index in [9.17, 15) is 0 Å². The Balaban J connectivity index is 2.81. The van der Waals surface area contributed by atoms with Gasteiger partial charge in [-0.2, -0.15) is 10.5 Å². The van der Waals surface area contributed by atoms with Gasteiger partial charge in [0.15, 0.2) is 0 Å². The summed E-state index contributed by atoms with van der Waals surface area (Å²) in [4.78, 5) is 1.70. The highest BCUT2D eigenvalue weighted by atomic mass is 35.5. The Labute approximate surface area is 99.4 Å². The second-order valence-electron chi connectivity index (χ2n) is 3.30. The van der Waals surface area contributed by atoms with Crippen LogP contribution >= 0.6 is 11.6 Å². The van der Waals surface area contributed by atoms with Gasteiger partial charge in [0.2, 0.25) is 0 Å². The van der Waals surface area contributed by atoms with Crippen molar-refractivity contribution in [3.63, 3.8) is 0 Å². The monoisotopic (exact) mass is 234 g/mol. The fraction of sp³-hybridized carbons (Fsp3) is 0.273. The lowest BCUT2D eigenvalue weighted by Gasteiger charge is -2.16. The molecule has 4 nitrogen and oxygen atoms in total. The average Bonchev–Trinajstić information content (AvgIpc) is 2.24. The number of nitriles is 2. The molecule has 0 aliphatic rings. The molecule has 16 heavy (non-hydrogen) atoms. The van der Waals surface area contributed by atoms with Crippen LogP contribution in [0.25, 0.3) is 0 Å². The zero-order chi connectivity index (χ0) is 12.0. The molecule has 0 spiro atoms. The molecular formula is C11H11ClN4. The minimum atomic E-state index is 0.194. The van der Waals surface area contributed by atoms with E-state index in [0.717, 1.165) is 5.56 Å². The lowest BCUT2D eigenvalue weighted by atomic mass is 10.1. The first-order chi connectivity index (χ1) is 7.67. The van der Waals surface area contributed by atoms with Crippen LogP contribution in [0.5, 0.6) is 0 Å². The molecule has 0 saturated heterocycles. The van der Waals surface area contributed by atoms with E-state index >= 15 is 0 Å². The highest BCUT2D eigenvalue weighted by molar-refractivity contribution is 6.30. The molecule has 82 valence electrons. The lowest BCUT2D eigenvalue weighted by molar-refractivity contribution is 0.335. The highest BCUT2D eigenvalue weighted by Gasteiger charge is 2.07. The van der Waals surface area contributed by atoms with Gasteiger partial charge in [0.1, 0.15) is 0 Å². The second kappa shape index (κ2) is 5.97. The van der Waals surface area contributed by atoms with Gasteiger partial charge in [-0.1, -0.05) is 11.6 Å². The number of rotatable bonds is 4. The molecule has 0 aromatic heterocycles. The molecule has 0 amide bonds. The molecule has 0 heterocycles. The number of nitrogen functional groups attached to an aromatic ring is 1. The smallest absolute Gasteiger partial charge is 0.0877 e. The van der Waals surface area contributed by atoms with Crippen molar-refractivity contribution >= 4 is 17.3 Å². The quantitative estimate of drug-likeness (QED) is 0.636. The van der Waals surface area contributed by atoms with E-state index in [2.05, 4.69) is 0 Å². The molecule has 0 atom stereocenters. The van der Waals surface area contributed by atoms with E-state index in [1.807, 2.05) is 12.1 Å². The van der Waals surface area contributed by atoms with Crippen molar-refractivity contribution in [2.24, 2.45) is 0 Å². The maximum Gasteiger partial charge on any atom is 0.0877 e. The molecule has 0 aliphatic carbocycles. The fourth-order valence-electron chi connectivity index (χ4n) is 1.32. The van der Waals surface area contributed by atoms with Crippen molar-refractivity contribution in [3.8, 4) is 12.1 Å². The lowest BCUT2D eigenvalue weighted by Crippen LogP contribution is -2.24. The van der Waals surface area contributed by atoms with Crippen molar-refractivity contribution in [3.05, 3.63) is 28.8 Å². The largest absolute Gasteiger partial charge is 0.398 e. The molecule has 1 rings (SSSR count). The normalized spacial score (nSPS) is 9.75. The molecule has 0 bridgehead atoms. The second-order valence-corrected chi connectivity index (χ2v) is 3.74. The van der Waals surface area contributed by atoms with Gasteiger partial charge in [0, 0.05) is 17.3 Å². The Morgan fingerprint density at radius 2 is 1.88 bits per heavy atom. The molecule has 0 aliphatic heterocycles. The Morgan fingerprint density at radius 3 is 2.44 bits per heavy atom. The molecule has 0 fully saturated rings. The number of anilines is 1. The number of nitrogens with zero attached hydrogens (tertiary/aromatic N) is 3. The fourth-order valence-corrected chi connectivity index (χ4v) is 1.51. The van der Waals surface area contributed by atoms with Crippen LogP contribution in [0.15, 0.2) is 18.2 Å². The third-order valence-electron chi connectivity index (χ3n) is 2.09. The van der Waals surface area contributed by atoms with Crippen LogP contribution in [-0.2, 0) is 6.54 Å². The van der Waals surface area contributed by atoms with Crippen LogP contribution in [0.1, 0.15) is 5.56 Å². The van der Waals surface area contributed by atoms with Crippen molar-refractivity contribution in [2.45, 2.75) is 6.54 Å². The summed E-state index contributed by atoms with van der Waals surface area (Å²) < 4.78 is 0. The van der Waals surface area contributed by atoms with Crippen molar-refractivity contribution in [2.75, 3.05) is 18.8 Å². The third kappa shape index (κ3) is 3.43. The van der Waals surface area contributed by atoms with E-state index in [1.54, 1.807) is 23.1 Å². The molecular weight excluding hydrogens is 224 g/mol. The molecule has 1 aromatic rings. The standard InChI is InChI=1S/C11H11ClN4/c12-10-1-2-11(15)9(7-10)8-16(5-3-13)6-4-14/h1-2,7H,5-6,8,15H2. The highest BCUT2D eigenvalue weighted by Crippen LogP contribution is 2.19. The maximum absolute atomic E-state index is 8.61. The zero-order valence-corrected chi connectivity index (χ0v) is 9.41. The van der Waals surface area contributed by atoms with Crippen LogP contribution < -0.4 is 5.73 Å². The predicted octanol–water partition coefficient (Wildman–Crippen LogP) is 1.77. The van der Waals surface area contributed by atoms with Gasteiger partial charge in [-0.15, -0.1) is 0 Å². The molecule has 5 heteroatoms. The first-order valence-electron chi connectivity index (χ1n) is 4.67. The predicted molar refractivity (Wildman–Crippen MR) is 62.4 cm³/mol. The van der Waals surface area contributed by atoms with Crippen molar-refractivity contribution < 1.29 is 0 Å². The molecule has 2 N–H and O–H groups in total. The Bertz CT molecular complexity index is 428. The van der Waals surface area contributed by atoms with Gasteiger partial charge >= 0.3 is 0 Å². The summed E-state index contributed by atoms with van der Waals surface area (Å²) in [5.74, 6) is 0. The number of benzene rings is 1.